The lowest BCUT2D eigenvalue weighted by atomic mass is 9.42. The maximum atomic E-state index is 12.5. The normalized spacial score (nSPS) is 55.3. The average Bonchev–Trinajstić information content (AvgIpc) is 3.58. The van der Waals surface area contributed by atoms with Gasteiger partial charge in [-0.15, -0.1) is 0 Å². The first-order valence-electron chi connectivity index (χ1n) is 17.9. The fourth-order valence-electron chi connectivity index (χ4n) is 11.5. The lowest BCUT2D eigenvalue weighted by Crippen LogP contribution is -2.66. The second-order valence-corrected chi connectivity index (χ2v) is 16.3. The third-order valence-electron chi connectivity index (χ3n) is 14.0. The summed E-state index contributed by atoms with van der Waals surface area (Å²) in [7, 11) is 0. The molecule has 0 aromatic rings. The molecule has 0 aromatic heterocycles. The summed E-state index contributed by atoms with van der Waals surface area (Å²) in [5.41, 5.74) is -0.686. The van der Waals surface area contributed by atoms with Gasteiger partial charge >= 0.3 is 5.97 Å². The molecule has 272 valence electrons. The Morgan fingerprint density at radius 1 is 0.917 bits per heavy atom. The number of aliphatic hydroxyl groups excluding tert-OH is 6. The van der Waals surface area contributed by atoms with Crippen LogP contribution in [0.15, 0.2) is 11.6 Å². The first-order valence-corrected chi connectivity index (χ1v) is 17.9. The third-order valence-corrected chi connectivity index (χ3v) is 14.0. The Balaban J connectivity index is 0.977. The number of fused-ring (bicyclic) bond motifs is 5. The molecule has 48 heavy (non-hydrogen) atoms. The van der Waals surface area contributed by atoms with E-state index in [9.17, 15) is 40.5 Å². The van der Waals surface area contributed by atoms with Crippen LogP contribution in [0.1, 0.15) is 78.6 Å². The van der Waals surface area contributed by atoms with Crippen LogP contribution in [0.2, 0.25) is 0 Å². The molecule has 7 aliphatic rings. The zero-order valence-corrected chi connectivity index (χ0v) is 28.1. The molecule has 18 atom stereocenters. The van der Waals surface area contributed by atoms with E-state index in [2.05, 4.69) is 13.8 Å². The van der Waals surface area contributed by atoms with E-state index < -0.39 is 79.0 Å². The van der Waals surface area contributed by atoms with Crippen LogP contribution in [-0.2, 0) is 28.5 Å². The van der Waals surface area contributed by atoms with Crippen molar-refractivity contribution in [2.24, 2.45) is 34.5 Å². The van der Waals surface area contributed by atoms with E-state index in [1.807, 2.05) is 0 Å². The summed E-state index contributed by atoms with van der Waals surface area (Å²) in [6.07, 6.45) is -3.41. The molecule has 4 saturated carbocycles. The molecule has 13 heteroatoms. The summed E-state index contributed by atoms with van der Waals surface area (Å²) >= 11 is 0. The van der Waals surface area contributed by atoms with Gasteiger partial charge in [-0.3, -0.25) is 0 Å². The Kier molecular flexibility index (Phi) is 9.36. The zero-order chi connectivity index (χ0) is 34.3. The first-order chi connectivity index (χ1) is 22.7. The van der Waals surface area contributed by atoms with Crippen LogP contribution in [0.3, 0.4) is 0 Å². The Morgan fingerprint density at radius 3 is 2.38 bits per heavy atom. The Morgan fingerprint density at radius 2 is 1.69 bits per heavy atom. The molecular formula is C35H54O13. The highest BCUT2D eigenvalue weighted by molar-refractivity contribution is 5.85. The van der Waals surface area contributed by atoms with E-state index in [-0.39, 0.29) is 54.2 Å². The van der Waals surface area contributed by atoms with E-state index in [0.717, 1.165) is 44.1 Å². The molecule has 7 rings (SSSR count). The van der Waals surface area contributed by atoms with Crippen LogP contribution in [0.4, 0.5) is 0 Å². The van der Waals surface area contributed by atoms with E-state index in [4.69, 9.17) is 23.7 Å². The van der Waals surface area contributed by atoms with E-state index in [0.29, 0.717) is 12.8 Å². The summed E-state index contributed by atoms with van der Waals surface area (Å²) in [5.74, 6) is -0.109. The Labute approximate surface area is 281 Å². The predicted octanol–water partition coefficient (Wildman–Crippen LogP) is 0.280. The molecule has 2 saturated heterocycles. The van der Waals surface area contributed by atoms with Crippen molar-refractivity contribution in [3.63, 3.8) is 0 Å². The van der Waals surface area contributed by atoms with Gasteiger partial charge in [0.25, 0.3) is 0 Å². The van der Waals surface area contributed by atoms with Crippen LogP contribution >= 0.6 is 0 Å². The van der Waals surface area contributed by atoms with E-state index in [1.165, 1.54) is 0 Å². The number of hydrogen-bond acceptors (Lipinski definition) is 13. The molecule has 13 nitrogen and oxygen atoms in total. The van der Waals surface area contributed by atoms with Crippen molar-refractivity contribution in [3.05, 3.63) is 11.6 Å². The minimum absolute atomic E-state index is 0.00894. The van der Waals surface area contributed by atoms with Crippen molar-refractivity contribution in [2.45, 2.75) is 152 Å². The number of hydrogen-bond donors (Lipinski definition) is 7. The fourth-order valence-corrected chi connectivity index (χ4v) is 11.5. The number of rotatable bonds is 6. The second-order valence-electron chi connectivity index (χ2n) is 16.3. The highest BCUT2D eigenvalue weighted by Gasteiger charge is 2.70. The average molecular weight is 683 g/mol. The molecule has 4 aliphatic carbocycles. The largest absolute Gasteiger partial charge is 0.458 e. The smallest absolute Gasteiger partial charge is 0.331 e. The molecule has 0 radical (unpaired) electrons. The minimum Gasteiger partial charge on any atom is -0.458 e. The van der Waals surface area contributed by atoms with Crippen molar-refractivity contribution in [2.75, 3.05) is 13.2 Å². The van der Waals surface area contributed by atoms with Crippen LogP contribution < -0.4 is 0 Å². The molecule has 0 amide bonds. The molecule has 0 aromatic carbocycles. The summed E-state index contributed by atoms with van der Waals surface area (Å²) in [6, 6.07) is 0. The van der Waals surface area contributed by atoms with Crippen molar-refractivity contribution in [3.8, 4) is 0 Å². The maximum absolute atomic E-state index is 12.5. The highest BCUT2D eigenvalue weighted by atomic mass is 16.7. The van der Waals surface area contributed by atoms with Gasteiger partial charge in [0.1, 0.15) is 37.1 Å². The summed E-state index contributed by atoms with van der Waals surface area (Å²) in [5, 5.41) is 75.5. The topological polar surface area (TPSA) is 205 Å². The van der Waals surface area contributed by atoms with Crippen molar-refractivity contribution in [1.82, 2.24) is 0 Å². The molecule has 3 aliphatic heterocycles. The highest BCUT2D eigenvalue weighted by Crippen LogP contribution is 2.70. The lowest BCUT2D eigenvalue weighted by molar-refractivity contribution is -0.344. The van der Waals surface area contributed by atoms with Crippen molar-refractivity contribution >= 4 is 5.97 Å². The first kappa shape index (κ1) is 35.2. The molecule has 6 fully saturated rings. The summed E-state index contributed by atoms with van der Waals surface area (Å²) < 4.78 is 29.1. The molecule has 7 N–H and O–H groups in total. The number of carbonyl (C=O) groups is 1. The molecule has 0 bridgehead atoms. The van der Waals surface area contributed by atoms with Gasteiger partial charge in [0.15, 0.2) is 12.6 Å². The van der Waals surface area contributed by atoms with Gasteiger partial charge in [0, 0.05) is 17.9 Å². The lowest BCUT2D eigenvalue weighted by Gasteiger charge is -2.65. The van der Waals surface area contributed by atoms with Gasteiger partial charge in [-0.1, -0.05) is 13.8 Å². The molecular weight excluding hydrogens is 628 g/mol. The summed E-state index contributed by atoms with van der Waals surface area (Å²) in [4.78, 5) is 11.9. The SMILES string of the molecule is CC1OC(OC2CCC3(C)C(CCC4C3C(O)CC3(C)C(C5=CC(=O)OC5)CCC43O)C2)CC(O)C1OC1OC(CO)C(O)C(O)C1O. The standard InChI is InChI=1S/C35H54O13/c1-16-31(48-32-30(42)29(41)28(40)24(14-36)47-32)22(37)12-26(45-16)46-19-6-8-33(2)18(11-19)4-5-21-27(33)23(38)13-34(3)20(7-9-35(21,34)43)17-10-25(39)44-15-17/h10,16,18-24,26-32,36-38,40-43H,4-9,11-15H2,1-3H3. The fraction of sp³-hybridized carbons (Fsp3) is 0.914. The molecule has 3 heterocycles. The van der Waals surface area contributed by atoms with Gasteiger partial charge in [-0.25, -0.2) is 4.79 Å². The van der Waals surface area contributed by atoms with Gasteiger partial charge in [-0.2, -0.15) is 0 Å². The monoisotopic (exact) mass is 682 g/mol. The van der Waals surface area contributed by atoms with Crippen molar-refractivity contribution in [1.29, 1.82) is 0 Å². The minimum atomic E-state index is -1.59. The van der Waals surface area contributed by atoms with Crippen LogP contribution in [-0.4, -0.2) is 128 Å². The van der Waals surface area contributed by atoms with Crippen LogP contribution in [0.25, 0.3) is 0 Å². The predicted molar refractivity (Wildman–Crippen MR) is 166 cm³/mol. The number of cyclic esters (lactones) is 1. The quantitative estimate of drug-likeness (QED) is 0.149. The maximum Gasteiger partial charge on any atom is 0.331 e. The van der Waals surface area contributed by atoms with Gasteiger partial charge in [0.2, 0.25) is 0 Å². The number of ether oxygens (including phenoxy) is 5. The second kappa shape index (κ2) is 12.8. The Hall–Kier alpha value is -1.23. The Bertz CT molecular complexity index is 1230. The van der Waals surface area contributed by atoms with E-state index >= 15 is 0 Å². The third kappa shape index (κ3) is 5.51. The summed E-state index contributed by atoms with van der Waals surface area (Å²) in [6.45, 7) is 5.79. The number of esters is 1. The zero-order valence-electron chi connectivity index (χ0n) is 28.1. The van der Waals surface area contributed by atoms with Crippen molar-refractivity contribution < 1.29 is 64.2 Å². The van der Waals surface area contributed by atoms with Crippen LogP contribution in [0.5, 0.6) is 0 Å². The van der Waals surface area contributed by atoms with Gasteiger partial charge in [0.05, 0.1) is 36.6 Å². The van der Waals surface area contributed by atoms with Gasteiger partial charge in [-0.05, 0) is 93.0 Å². The van der Waals surface area contributed by atoms with Gasteiger partial charge < -0.3 is 59.4 Å². The number of aliphatic hydroxyl groups is 7. The number of carbonyl (C=O) groups excluding carboxylic acids is 1. The molecule has 0 spiro atoms. The van der Waals surface area contributed by atoms with Crippen LogP contribution in [0, 0.1) is 34.5 Å². The molecule has 18 unspecified atom stereocenters. The van der Waals surface area contributed by atoms with E-state index in [1.54, 1.807) is 13.0 Å².